The number of carbonyl (C=O) groups is 1. The van der Waals surface area contributed by atoms with Crippen molar-refractivity contribution in [1.82, 2.24) is 0 Å². The van der Waals surface area contributed by atoms with Gasteiger partial charge in [-0.05, 0) is 0 Å². The van der Waals surface area contributed by atoms with Crippen LogP contribution in [0.2, 0.25) is 0 Å². The van der Waals surface area contributed by atoms with Crippen molar-refractivity contribution in [2.24, 2.45) is 0 Å². The molecule has 1 atom stereocenters. The molecule has 3 nitrogen and oxygen atoms in total. The Balaban J connectivity index is 2.40. The van der Waals surface area contributed by atoms with Crippen molar-refractivity contribution < 1.29 is 14.3 Å². The van der Waals surface area contributed by atoms with Gasteiger partial charge in [-0.25, -0.2) is 4.79 Å². The Bertz CT molecular complexity index is 92.2. The molecule has 36 valence electrons. The first-order valence-corrected chi connectivity index (χ1v) is 1.88. The second-order valence-corrected chi connectivity index (χ2v) is 1.22. The topological polar surface area (TPSA) is 35.5 Å². The summed E-state index contributed by atoms with van der Waals surface area (Å²) >= 11 is 0. The van der Waals surface area contributed by atoms with Crippen LogP contribution in [0.25, 0.3) is 0 Å². The average Bonchev–Trinajstić information content (AvgIpc) is 1.87. The molecule has 1 aliphatic heterocycles. The summed E-state index contributed by atoms with van der Waals surface area (Å²) in [6, 6.07) is -0.549. The predicted molar refractivity (Wildman–Crippen MR) is 22.0 cm³/mol. The monoisotopic (exact) mass is 98.0 g/mol. The first-order chi connectivity index (χ1) is 3.29. The zero-order valence-corrected chi connectivity index (χ0v) is 3.59. The highest BCUT2D eigenvalue weighted by molar-refractivity contribution is 6.12. The molecule has 0 spiro atoms. The lowest BCUT2D eigenvalue weighted by molar-refractivity contribution is 0.128. The van der Waals surface area contributed by atoms with E-state index in [1.54, 1.807) is 0 Å². The third kappa shape index (κ3) is 0.854. The molecule has 7 heavy (non-hydrogen) atoms. The summed E-state index contributed by atoms with van der Waals surface area (Å²) in [4.78, 5) is 9.93. The summed E-state index contributed by atoms with van der Waals surface area (Å²) in [5.41, 5.74) is 0. The Morgan fingerprint density at radius 2 is 2.57 bits per heavy atom. The molecule has 4 heteroatoms. The molecule has 0 aromatic carbocycles. The number of hydrogen-bond donors (Lipinski definition) is 0. The summed E-state index contributed by atoms with van der Waals surface area (Å²) in [7, 11) is 5.06. The van der Waals surface area contributed by atoms with Crippen LogP contribution in [-0.2, 0) is 9.47 Å². The van der Waals surface area contributed by atoms with E-state index in [1.807, 2.05) is 0 Å². The van der Waals surface area contributed by atoms with Crippen LogP contribution in [-0.4, -0.2) is 26.6 Å². The second kappa shape index (κ2) is 1.44. The first kappa shape index (κ1) is 4.49. The summed E-state index contributed by atoms with van der Waals surface area (Å²) < 4.78 is 8.56. The molecule has 1 heterocycles. The molecule has 0 saturated carbocycles. The van der Waals surface area contributed by atoms with Crippen molar-refractivity contribution in [3.8, 4) is 0 Å². The van der Waals surface area contributed by atoms with E-state index >= 15 is 0 Å². The highest BCUT2D eigenvalue weighted by Gasteiger charge is 2.18. The fourth-order valence-corrected chi connectivity index (χ4v) is 0.342. The maximum Gasteiger partial charge on any atom is 0.507 e. The van der Waals surface area contributed by atoms with Gasteiger partial charge in [-0.2, -0.15) is 0 Å². The van der Waals surface area contributed by atoms with E-state index in [0.29, 0.717) is 0 Å². The lowest BCUT2D eigenvalue weighted by Crippen LogP contribution is -2.07. The van der Waals surface area contributed by atoms with Crippen LogP contribution in [0.1, 0.15) is 0 Å². The van der Waals surface area contributed by atoms with Gasteiger partial charge in [-0.15, -0.1) is 0 Å². The van der Waals surface area contributed by atoms with E-state index < -0.39 is 12.2 Å². The highest BCUT2D eigenvalue weighted by atomic mass is 16.8. The highest BCUT2D eigenvalue weighted by Crippen LogP contribution is 2.00. The van der Waals surface area contributed by atoms with Gasteiger partial charge < -0.3 is 9.47 Å². The molecule has 0 N–H and O–H groups in total. The molecular weight excluding hydrogens is 94.8 g/mol. The van der Waals surface area contributed by atoms with Crippen molar-refractivity contribution in [3.05, 3.63) is 0 Å². The van der Waals surface area contributed by atoms with Crippen LogP contribution in [0.5, 0.6) is 0 Å². The molecule has 2 radical (unpaired) electrons. The van der Waals surface area contributed by atoms with E-state index in [9.17, 15) is 4.79 Å². The molecule has 0 aliphatic carbocycles. The van der Waals surface area contributed by atoms with Crippen LogP contribution >= 0.6 is 0 Å². The lowest BCUT2D eigenvalue weighted by Gasteiger charge is -1.90. The molecule has 0 aromatic rings. The van der Waals surface area contributed by atoms with Gasteiger partial charge in [0, 0.05) is 0 Å². The lowest BCUT2D eigenvalue weighted by atomic mass is 10.0. The van der Waals surface area contributed by atoms with Gasteiger partial charge in [0.15, 0.2) is 0 Å². The SMILES string of the molecule is [B]C1COC(=O)O1. The largest absolute Gasteiger partial charge is 0.507 e. The van der Waals surface area contributed by atoms with Gasteiger partial charge in [0.2, 0.25) is 0 Å². The Hall–Kier alpha value is -0.665. The molecule has 1 aliphatic rings. The molecule has 1 saturated heterocycles. The van der Waals surface area contributed by atoms with Crippen molar-refractivity contribution >= 4 is 14.0 Å². The zero-order chi connectivity index (χ0) is 5.28. The fraction of sp³-hybridized carbons (Fsp3) is 0.667. The number of ether oxygens (including phenoxy) is 2. The second-order valence-electron chi connectivity index (χ2n) is 1.22. The van der Waals surface area contributed by atoms with Crippen molar-refractivity contribution in [1.29, 1.82) is 0 Å². The molecule has 1 unspecified atom stereocenters. The van der Waals surface area contributed by atoms with E-state index in [-0.39, 0.29) is 6.61 Å². The van der Waals surface area contributed by atoms with Crippen LogP contribution in [0, 0.1) is 0 Å². The number of carbonyl (C=O) groups excluding carboxylic acids is 1. The minimum Gasteiger partial charge on any atom is -0.438 e. The molecule has 0 aromatic heterocycles. The minimum absolute atomic E-state index is 0.179. The third-order valence-corrected chi connectivity index (χ3v) is 0.613. The number of rotatable bonds is 0. The van der Waals surface area contributed by atoms with Crippen LogP contribution in [0.4, 0.5) is 4.79 Å². The van der Waals surface area contributed by atoms with Crippen LogP contribution in [0.3, 0.4) is 0 Å². The molecule has 1 fully saturated rings. The quantitative estimate of drug-likeness (QED) is 0.306. The predicted octanol–water partition coefficient (Wildman–Crippen LogP) is -0.352. The Labute approximate surface area is 42.0 Å². The molecule has 0 bridgehead atoms. The Morgan fingerprint density at radius 3 is 2.71 bits per heavy atom. The maximum atomic E-state index is 9.93. The van der Waals surface area contributed by atoms with Gasteiger partial charge in [0.25, 0.3) is 0 Å². The summed E-state index contributed by atoms with van der Waals surface area (Å²) in [5.74, 6) is 0. The normalized spacial score (nSPS) is 29.1. The van der Waals surface area contributed by atoms with Crippen LogP contribution < -0.4 is 0 Å². The van der Waals surface area contributed by atoms with Crippen molar-refractivity contribution in [2.45, 2.75) is 6.00 Å². The van der Waals surface area contributed by atoms with Gasteiger partial charge in [0.05, 0.1) is 6.00 Å². The van der Waals surface area contributed by atoms with E-state index in [0.717, 1.165) is 0 Å². The van der Waals surface area contributed by atoms with Gasteiger partial charge in [-0.3, -0.25) is 0 Å². The first-order valence-electron chi connectivity index (χ1n) is 1.88. The van der Waals surface area contributed by atoms with Gasteiger partial charge in [0.1, 0.15) is 14.5 Å². The Kier molecular flexibility index (Phi) is 0.926. The summed E-state index contributed by atoms with van der Waals surface area (Å²) in [6.07, 6.45) is -0.674. The molecule has 1 rings (SSSR count). The third-order valence-electron chi connectivity index (χ3n) is 0.613. The summed E-state index contributed by atoms with van der Waals surface area (Å²) in [6.45, 7) is 0.179. The number of hydrogen-bond acceptors (Lipinski definition) is 3. The van der Waals surface area contributed by atoms with Crippen molar-refractivity contribution in [2.75, 3.05) is 6.61 Å². The summed E-state index contributed by atoms with van der Waals surface area (Å²) in [5, 5.41) is 0. The van der Waals surface area contributed by atoms with Gasteiger partial charge in [-0.1, -0.05) is 0 Å². The molecule has 0 amide bonds. The zero-order valence-electron chi connectivity index (χ0n) is 3.59. The Morgan fingerprint density at radius 1 is 1.86 bits per heavy atom. The standard InChI is InChI=1S/C3H3BO3/c4-2-1-6-3(5)7-2/h2H,1H2. The molecular formula is C3H3BO3. The van der Waals surface area contributed by atoms with Crippen LogP contribution in [0.15, 0.2) is 0 Å². The van der Waals surface area contributed by atoms with E-state index in [1.165, 1.54) is 0 Å². The van der Waals surface area contributed by atoms with Crippen molar-refractivity contribution in [3.63, 3.8) is 0 Å². The average molecular weight is 97.9 g/mol. The number of cyclic esters (lactones) is 2. The van der Waals surface area contributed by atoms with Gasteiger partial charge >= 0.3 is 6.16 Å². The van der Waals surface area contributed by atoms with E-state index in [2.05, 4.69) is 9.47 Å². The smallest absolute Gasteiger partial charge is 0.438 e. The fourth-order valence-electron chi connectivity index (χ4n) is 0.342. The van der Waals surface area contributed by atoms with E-state index in [4.69, 9.17) is 7.85 Å². The minimum atomic E-state index is -0.674. The maximum absolute atomic E-state index is 9.93.